The quantitative estimate of drug-likeness (QED) is 0.689. The highest BCUT2D eigenvalue weighted by Crippen LogP contribution is 2.42. The highest BCUT2D eigenvalue weighted by atomic mass is 16.2. The summed E-state index contributed by atoms with van der Waals surface area (Å²) >= 11 is 0. The fourth-order valence-electron chi connectivity index (χ4n) is 4.74. The van der Waals surface area contributed by atoms with E-state index in [1.54, 1.807) is 6.20 Å². The fourth-order valence-corrected chi connectivity index (χ4v) is 4.74. The molecule has 6 heteroatoms. The molecular weight excluding hydrogens is 362 g/mol. The van der Waals surface area contributed by atoms with Gasteiger partial charge in [-0.3, -0.25) is 14.8 Å². The van der Waals surface area contributed by atoms with Gasteiger partial charge in [0, 0.05) is 38.6 Å². The Morgan fingerprint density at radius 3 is 2.55 bits per heavy atom. The number of fused-ring (bicyclic) bond motifs is 1. The van der Waals surface area contributed by atoms with Gasteiger partial charge in [-0.2, -0.15) is 0 Å². The molecule has 4 heterocycles. The average molecular weight is 387 g/mol. The molecular formula is C23H25N5O. The van der Waals surface area contributed by atoms with Crippen LogP contribution in [0.15, 0.2) is 55.0 Å². The maximum atomic E-state index is 13.4. The summed E-state index contributed by atoms with van der Waals surface area (Å²) in [7, 11) is 0. The van der Waals surface area contributed by atoms with E-state index in [1.807, 2.05) is 53.7 Å². The number of nitrogens with zero attached hydrogens (tertiary/aromatic N) is 5. The molecule has 2 saturated heterocycles. The van der Waals surface area contributed by atoms with E-state index in [0.29, 0.717) is 12.5 Å². The molecule has 6 nitrogen and oxygen atoms in total. The Morgan fingerprint density at radius 1 is 0.931 bits per heavy atom. The van der Waals surface area contributed by atoms with Crippen LogP contribution in [0.5, 0.6) is 0 Å². The Balaban J connectivity index is 1.29. The van der Waals surface area contributed by atoms with E-state index in [9.17, 15) is 4.79 Å². The van der Waals surface area contributed by atoms with Crippen LogP contribution in [0.3, 0.4) is 0 Å². The summed E-state index contributed by atoms with van der Waals surface area (Å²) in [5.41, 5.74) is 2.71. The van der Waals surface area contributed by atoms with E-state index in [-0.39, 0.29) is 5.41 Å². The minimum Gasteiger partial charge on any atom is -0.355 e. The number of carbonyl (C=O) groups is 1. The van der Waals surface area contributed by atoms with Crippen molar-refractivity contribution in [3.8, 4) is 0 Å². The number of rotatable bonds is 3. The minimum absolute atomic E-state index is 0.221. The number of pyridine rings is 1. The number of aromatic nitrogens is 3. The molecule has 148 valence electrons. The van der Waals surface area contributed by atoms with Gasteiger partial charge in [0.15, 0.2) is 0 Å². The second-order valence-electron chi connectivity index (χ2n) is 8.18. The van der Waals surface area contributed by atoms with E-state index >= 15 is 0 Å². The lowest BCUT2D eigenvalue weighted by molar-refractivity contribution is -0.148. The van der Waals surface area contributed by atoms with Crippen LogP contribution < -0.4 is 4.90 Å². The van der Waals surface area contributed by atoms with Gasteiger partial charge in [-0.05, 0) is 49.4 Å². The highest BCUT2D eigenvalue weighted by Gasteiger charge is 2.45. The lowest BCUT2D eigenvalue weighted by Crippen LogP contribution is -2.53. The largest absolute Gasteiger partial charge is 0.355 e. The van der Waals surface area contributed by atoms with Gasteiger partial charge in [-0.1, -0.05) is 18.2 Å². The van der Waals surface area contributed by atoms with Crippen molar-refractivity contribution in [3.63, 3.8) is 0 Å². The third-order valence-electron chi connectivity index (χ3n) is 6.40. The number of amides is 1. The molecule has 2 aromatic heterocycles. The second-order valence-corrected chi connectivity index (χ2v) is 8.18. The summed E-state index contributed by atoms with van der Waals surface area (Å²) in [6.07, 6.45) is 9.31. The van der Waals surface area contributed by atoms with Crippen molar-refractivity contribution in [2.45, 2.75) is 32.2 Å². The van der Waals surface area contributed by atoms with Crippen LogP contribution in [0, 0.1) is 5.41 Å². The average Bonchev–Trinajstić information content (AvgIpc) is 2.78. The van der Waals surface area contributed by atoms with Gasteiger partial charge < -0.3 is 9.80 Å². The van der Waals surface area contributed by atoms with Crippen LogP contribution in [0.2, 0.25) is 0 Å². The zero-order valence-electron chi connectivity index (χ0n) is 16.5. The molecule has 29 heavy (non-hydrogen) atoms. The van der Waals surface area contributed by atoms with E-state index in [4.69, 9.17) is 4.98 Å². The van der Waals surface area contributed by atoms with Gasteiger partial charge in [-0.25, -0.2) is 4.98 Å². The molecule has 0 radical (unpaired) electrons. The standard InChI is InChI=1S/C23H25N5O/c29-22-23(8-4-12-28(22)17-18-5-3-11-24-15-18)9-13-27(14-10-23)21-16-25-19-6-1-2-7-20(19)26-21/h1-3,5-7,11,15-16H,4,8-10,12-14,17H2. The zero-order valence-corrected chi connectivity index (χ0v) is 16.5. The molecule has 0 saturated carbocycles. The molecule has 0 bridgehead atoms. The monoisotopic (exact) mass is 387 g/mol. The number of anilines is 1. The van der Waals surface area contributed by atoms with Crippen LogP contribution in [0.25, 0.3) is 11.0 Å². The Morgan fingerprint density at radius 2 is 1.76 bits per heavy atom. The van der Waals surface area contributed by atoms with Gasteiger partial charge in [0.1, 0.15) is 5.82 Å². The highest BCUT2D eigenvalue weighted by molar-refractivity contribution is 5.84. The second kappa shape index (κ2) is 7.43. The molecule has 1 aromatic carbocycles. The lowest BCUT2D eigenvalue weighted by atomic mass is 9.71. The SMILES string of the molecule is O=C1N(Cc2cccnc2)CCCC12CCN(c1cnc3ccccc3n1)CC2. The molecule has 3 aromatic rings. The maximum absolute atomic E-state index is 13.4. The Hall–Kier alpha value is -3.02. The first kappa shape index (κ1) is 18.0. The molecule has 0 N–H and O–H groups in total. The number of hydrogen-bond acceptors (Lipinski definition) is 5. The normalized spacial score (nSPS) is 19.1. The van der Waals surface area contributed by atoms with Crippen molar-refractivity contribution in [1.29, 1.82) is 0 Å². The van der Waals surface area contributed by atoms with E-state index in [2.05, 4.69) is 14.9 Å². The van der Waals surface area contributed by atoms with Crippen LogP contribution in [0.1, 0.15) is 31.2 Å². The van der Waals surface area contributed by atoms with Crippen molar-refractivity contribution < 1.29 is 4.79 Å². The number of hydrogen-bond donors (Lipinski definition) is 0. The van der Waals surface area contributed by atoms with E-state index < -0.39 is 0 Å². The third-order valence-corrected chi connectivity index (χ3v) is 6.40. The van der Waals surface area contributed by atoms with E-state index in [1.165, 1.54) is 0 Å². The molecule has 0 atom stereocenters. The van der Waals surface area contributed by atoms with Crippen molar-refractivity contribution in [2.24, 2.45) is 5.41 Å². The van der Waals surface area contributed by atoms with Gasteiger partial charge >= 0.3 is 0 Å². The molecule has 2 aliphatic rings. The van der Waals surface area contributed by atoms with Crippen molar-refractivity contribution in [2.75, 3.05) is 24.5 Å². The predicted molar refractivity (Wildman–Crippen MR) is 112 cm³/mol. The summed E-state index contributed by atoms with van der Waals surface area (Å²) in [4.78, 5) is 31.2. The third kappa shape index (κ3) is 3.43. The lowest BCUT2D eigenvalue weighted by Gasteiger charge is -2.46. The molecule has 1 spiro atoms. The topological polar surface area (TPSA) is 62.2 Å². The number of benzene rings is 1. The van der Waals surface area contributed by atoms with Crippen LogP contribution in [-0.4, -0.2) is 45.4 Å². The van der Waals surface area contributed by atoms with Crippen LogP contribution >= 0.6 is 0 Å². The molecule has 2 fully saturated rings. The van der Waals surface area contributed by atoms with Gasteiger partial charge in [0.2, 0.25) is 5.91 Å². The van der Waals surface area contributed by atoms with Crippen LogP contribution in [0.4, 0.5) is 5.82 Å². The first-order valence-electron chi connectivity index (χ1n) is 10.4. The Labute approximate surface area is 170 Å². The molecule has 0 unspecified atom stereocenters. The smallest absolute Gasteiger partial charge is 0.229 e. The van der Waals surface area contributed by atoms with Crippen LogP contribution in [-0.2, 0) is 11.3 Å². The van der Waals surface area contributed by atoms with Crippen molar-refractivity contribution in [1.82, 2.24) is 19.9 Å². The molecule has 2 aliphatic heterocycles. The maximum Gasteiger partial charge on any atom is 0.229 e. The molecule has 5 rings (SSSR count). The summed E-state index contributed by atoms with van der Waals surface area (Å²) in [6, 6.07) is 11.9. The summed E-state index contributed by atoms with van der Waals surface area (Å²) in [5, 5.41) is 0. The first-order chi connectivity index (χ1) is 14.2. The van der Waals surface area contributed by atoms with E-state index in [0.717, 1.165) is 67.7 Å². The first-order valence-corrected chi connectivity index (χ1v) is 10.4. The predicted octanol–water partition coefficient (Wildman–Crippen LogP) is 3.43. The number of carbonyl (C=O) groups excluding carboxylic acids is 1. The van der Waals surface area contributed by atoms with Gasteiger partial charge in [-0.15, -0.1) is 0 Å². The van der Waals surface area contributed by atoms with Gasteiger partial charge in [0.25, 0.3) is 0 Å². The summed E-state index contributed by atoms with van der Waals surface area (Å²) in [5.74, 6) is 1.23. The summed E-state index contributed by atoms with van der Waals surface area (Å²) < 4.78 is 0. The number of para-hydroxylation sites is 2. The molecule has 0 aliphatic carbocycles. The zero-order chi connectivity index (χ0) is 19.7. The Bertz CT molecular complexity index is 1010. The van der Waals surface area contributed by atoms with Gasteiger partial charge in [0.05, 0.1) is 22.6 Å². The number of piperidine rings is 2. The van der Waals surface area contributed by atoms with Crippen molar-refractivity contribution in [3.05, 3.63) is 60.6 Å². The minimum atomic E-state index is -0.221. The van der Waals surface area contributed by atoms with Crippen molar-refractivity contribution >= 4 is 22.8 Å². The summed E-state index contributed by atoms with van der Waals surface area (Å²) in [6.45, 7) is 3.20. The molecule has 1 amide bonds. The fraction of sp³-hybridized carbons (Fsp3) is 0.391. The Kier molecular flexibility index (Phi) is 4.62. The number of likely N-dealkylation sites (tertiary alicyclic amines) is 1.